The highest BCUT2D eigenvalue weighted by Crippen LogP contribution is 2.27. The van der Waals surface area contributed by atoms with Gasteiger partial charge >= 0.3 is 17.9 Å². The van der Waals surface area contributed by atoms with Gasteiger partial charge in [0.25, 0.3) is 0 Å². The Morgan fingerprint density at radius 2 is 1.31 bits per heavy atom. The van der Waals surface area contributed by atoms with Crippen LogP contribution in [0.5, 0.6) is 5.75 Å². The summed E-state index contributed by atoms with van der Waals surface area (Å²) in [5.74, 6) is -1.94. The molecule has 182 valence electrons. The van der Waals surface area contributed by atoms with Gasteiger partial charge < -0.3 is 23.7 Å². The smallest absolute Gasteiger partial charge is 0.303 e. The summed E-state index contributed by atoms with van der Waals surface area (Å²) in [5, 5.41) is 8.90. The molecule has 0 saturated carbocycles. The quantitative estimate of drug-likeness (QED) is 0.329. The fraction of sp³-hybridized carbons (Fsp3) is 0.320. The van der Waals surface area contributed by atoms with Crippen LogP contribution >= 0.6 is 0 Å². The molecule has 1 heterocycles. The van der Waals surface area contributed by atoms with E-state index in [2.05, 4.69) is 0 Å². The molecule has 0 amide bonds. The summed E-state index contributed by atoms with van der Waals surface area (Å²) in [5.41, 5.74) is 1.25. The number of esters is 3. The lowest BCUT2D eigenvalue weighted by Gasteiger charge is -2.40. The van der Waals surface area contributed by atoms with Gasteiger partial charge in [0.15, 0.2) is 18.0 Å². The molecule has 1 saturated heterocycles. The molecule has 1 fully saturated rings. The van der Waals surface area contributed by atoms with Gasteiger partial charge in [-0.15, -0.1) is 0 Å². The van der Waals surface area contributed by atoms with Crippen molar-refractivity contribution in [2.24, 2.45) is 0 Å². The number of carbonyl (C=O) groups excluding carboxylic acids is 4. The van der Waals surface area contributed by atoms with E-state index in [1.165, 1.54) is 32.9 Å². The number of ether oxygens (including phenoxy) is 5. The minimum Gasteiger partial charge on any atom is -0.461 e. The van der Waals surface area contributed by atoms with Crippen LogP contribution in [0.2, 0.25) is 0 Å². The minimum atomic E-state index is -1.23. The van der Waals surface area contributed by atoms with Gasteiger partial charge in [0.05, 0.1) is 18.2 Å². The van der Waals surface area contributed by atoms with Crippen LogP contribution in [0.25, 0.3) is 0 Å². The van der Waals surface area contributed by atoms with E-state index >= 15 is 0 Å². The number of nitrogens with zero attached hydrogens (tertiary/aromatic N) is 1. The summed E-state index contributed by atoms with van der Waals surface area (Å²) in [7, 11) is 0. The molecule has 2 aromatic carbocycles. The number of hydrogen-bond donors (Lipinski definition) is 0. The zero-order valence-electron chi connectivity index (χ0n) is 19.3. The summed E-state index contributed by atoms with van der Waals surface area (Å²) in [6.07, 6.45) is -4.58. The molecular formula is C25H23NO9. The Labute approximate surface area is 201 Å². The first-order valence-electron chi connectivity index (χ1n) is 10.6. The number of hydrogen-bond acceptors (Lipinski definition) is 10. The second-order valence-corrected chi connectivity index (χ2v) is 7.66. The molecule has 10 heteroatoms. The van der Waals surface area contributed by atoms with E-state index in [1.54, 1.807) is 36.4 Å². The maximum absolute atomic E-state index is 12.7. The third-order valence-corrected chi connectivity index (χ3v) is 4.95. The standard InChI is InChI=1S/C25H23NO9/c1-14(27)32-21-13-31-25(24(34-16(3)29)23(21)33-15(2)28)35-20-10-8-19(9-11-20)22(30)18-6-4-17(12-26)5-7-18/h4-11,21,23-25H,13H2,1-3H3/t21-,23-,24+,25+/m1/s1. The molecule has 0 aliphatic carbocycles. The third kappa shape index (κ3) is 6.65. The van der Waals surface area contributed by atoms with Crippen molar-refractivity contribution in [3.05, 3.63) is 65.2 Å². The zero-order valence-corrected chi connectivity index (χ0v) is 19.3. The summed E-state index contributed by atoms with van der Waals surface area (Å²) < 4.78 is 27.2. The molecular weight excluding hydrogens is 458 g/mol. The number of benzene rings is 2. The Hall–Kier alpha value is -4.23. The second-order valence-electron chi connectivity index (χ2n) is 7.66. The van der Waals surface area contributed by atoms with E-state index in [-0.39, 0.29) is 18.1 Å². The topological polar surface area (TPSA) is 138 Å². The van der Waals surface area contributed by atoms with E-state index in [1.807, 2.05) is 6.07 Å². The minimum absolute atomic E-state index is 0.171. The normalized spacial score (nSPS) is 21.2. The van der Waals surface area contributed by atoms with Crippen LogP contribution in [-0.4, -0.2) is 54.9 Å². The fourth-order valence-electron chi connectivity index (χ4n) is 3.49. The molecule has 0 spiro atoms. The van der Waals surface area contributed by atoms with Crippen LogP contribution in [0, 0.1) is 11.3 Å². The largest absolute Gasteiger partial charge is 0.461 e. The van der Waals surface area contributed by atoms with E-state index in [0.717, 1.165) is 0 Å². The van der Waals surface area contributed by atoms with Gasteiger partial charge in [-0.05, 0) is 48.5 Å². The molecule has 35 heavy (non-hydrogen) atoms. The maximum atomic E-state index is 12.7. The Morgan fingerprint density at radius 3 is 1.83 bits per heavy atom. The third-order valence-electron chi connectivity index (χ3n) is 4.95. The van der Waals surface area contributed by atoms with Crippen molar-refractivity contribution in [2.45, 2.75) is 45.4 Å². The van der Waals surface area contributed by atoms with E-state index in [9.17, 15) is 19.2 Å². The summed E-state index contributed by atoms with van der Waals surface area (Å²) in [4.78, 5) is 47.6. The van der Waals surface area contributed by atoms with Crippen molar-refractivity contribution in [1.29, 1.82) is 5.26 Å². The highest BCUT2D eigenvalue weighted by molar-refractivity contribution is 6.09. The average molecular weight is 481 g/mol. The van der Waals surface area contributed by atoms with Crippen LogP contribution in [0.1, 0.15) is 42.3 Å². The first-order chi connectivity index (χ1) is 16.7. The lowest BCUT2D eigenvalue weighted by atomic mass is 10.0. The zero-order chi connectivity index (χ0) is 25.5. The molecule has 1 aliphatic heterocycles. The van der Waals surface area contributed by atoms with Crippen molar-refractivity contribution in [1.82, 2.24) is 0 Å². The van der Waals surface area contributed by atoms with E-state index < -0.39 is 42.5 Å². The number of nitriles is 1. The van der Waals surface area contributed by atoms with Gasteiger partial charge in [-0.1, -0.05) is 0 Å². The molecule has 1 aliphatic rings. The van der Waals surface area contributed by atoms with Crippen LogP contribution in [0.4, 0.5) is 0 Å². The molecule has 0 radical (unpaired) electrons. The molecule has 0 N–H and O–H groups in total. The van der Waals surface area contributed by atoms with Gasteiger partial charge in [-0.2, -0.15) is 5.26 Å². The van der Waals surface area contributed by atoms with Crippen molar-refractivity contribution in [3.63, 3.8) is 0 Å². The monoisotopic (exact) mass is 481 g/mol. The molecule has 0 bridgehead atoms. The van der Waals surface area contributed by atoms with Gasteiger partial charge in [0, 0.05) is 31.9 Å². The van der Waals surface area contributed by atoms with Crippen LogP contribution in [-0.2, 0) is 33.3 Å². The SMILES string of the molecule is CC(=O)O[C@@H]1[C@H](Oc2ccc(C(=O)c3ccc(C#N)cc3)cc2)OC[C@@H](OC(C)=O)[C@H]1OC(C)=O. The molecule has 4 atom stereocenters. The van der Waals surface area contributed by atoms with Crippen molar-refractivity contribution < 1.29 is 42.9 Å². The second kappa shape index (κ2) is 11.3. The van der Waals surface area contributed by atoms with Crippen LogP contribution < -0.4 is 4.74 Å². The molecule has 0 unspecified atom stereocenters. The Bertz CT molecular complexity index is 1140. The predicted molar refractivity (Wildman–Crippen MR) is 118 cm³/mol. The summed E-state index contributed by atoms with van der Waals surface area (Å²) in [6, 6.07) is 14.4. The molecule has 0 aromatic heterocycles. The first-order valence-corrected chi connectivity index (χ1v) is 10.6. The summed E-state index contributed by atoms with van der Waals surface area (Å²) >= 11 is 0. The Kier molecular flexibility index (Phi) is 8.17. The molecule has 10 nitrogen and oxygen atoms in total. The highest BCUT2D eigenvalue weighted by Gasteiger charge is 2.48. The Morgan fingerprint density at radius 1 is 0.800 bits per heavy atom. The van der Waals surface area contributed by atoms with Gasteiger partial charge in [0.1, 0.15) is 5.75 Å². The number of ketones is 1. The van der Waals surface area contributed by atoms with Crippen LogP contribution in [0.15, 0.2) is 48.5 Å². The molecule has 2 aromatic rings. The number of rotatable bonds is 7. The average Bonchev–Trinajstić information content (AvgIpc) is 2.82. The van der Waals surface area contributed by atoms with Gasteiger partial charge in [0.2, 0.25) is 12.4 Å². The van der Waals surface area contributed by atoms with Crippen molar-refractivity contribution in [3.8, 4) is 11.8 Å². The Balaban J connectivity index is 1.78. The number of carbonyl (C=O) groups is 4. The lowest BCUT2D eigenvalue weighted by Crippen LogP contribution is -2.59. The van der Waals surface area contributed by atoms with Crippen molar-refractivity contribution in [2.75, 3.05) is 6.61 Å². The predicted octanol–water partition coefficient (Wildman–Crippen LogP) is 2.32. The summed E-state index contributed by atoms with van der Waals surface area (Å²) in [6.45, 7) is 3.36. The van der Waals surface area contributed by atoms with Gasteiger partial charge in [-0.25, -0.2) is 0 Å². The maximum Gasteiger partial charge on any atom is 0.303 e. The van der Waals surface area contributed by atoms with Crippen LogP contribution in [0.3, 0.4) is 0 Å². The lowest BCUT2D eigenvalue weighted by molar-refractivity contribution is -0.259. The fourth-order valence-corrected chi connectivity index (χ4v) is 3.49. The van der Waals surface area contributed by atoms with E-state index in [0.29, 0.717) is 16.7 Å². The van der Waals surface area contributed by atoms with E-state index in [4.69, 9.17) is 28.9 Å². The first kappa shape index (κ1) is 25.4. The van der Waals surface area contributed by atoms with Gasteiger partial charge in [-0.3, -0.25) is 19.2 Å². The van der Waals surface area contributed by atoms with Crippen molar-refractivity contribution >= 4 is 23.7 Å². The highest BCUT2D eigenvalue weighted by atomic mass is 16.7. The molecule has 3 rings (SSSR count).